The van der Waals surface area contributed by atoms with Crippen LogP contribution in [0.3, 0.4) is 0 Å². The molecule has 0 atom stereocenters. The standard InChI is InChI=1S/C20H20N4O/c1-12(2)24-17-10-15(7-8-16(17)23-20(24)25)19-18(21-11-22-19)14-6-4-5-13(3)9-14/h4-12H,1-3H3,(H,21,22)(H,23,25). The van der Waals surface area contributed by atoms with Crippen molar-refractivity contribution in [3.63, 3.8) is 0 Å². The number of benzene rings is 2. The lowest BCUT2D eigenvalue weighted by atomic mass is 10.0. The van der Waals surface area contributed by atoms with E-state index in [9.17, 15) is 4.79 Å². The Balaban J connectivity index is 1.90. The largest absolute Gasteiger partial charge is 0.344 e. The monoisotopic (exact) mass is 332 g/mol. The van der Waals surface area contributed by atoms with E-state index in [0.717, 1.165) is 33.5 Å². The zero-order valence-corrected chi connectivity index (χ0v) is 14.5. The van der Waals surface area contributed by atoms with Gasteiger partial charge < -0.3 is 9.97 Å². The molecular formula is C20H20N4O. The SMILES string of the molecule is Cc1cccc(-c2nc[nH]c2-c2ccc3[nH]c(=O)n(C(C)C)c3c2)c1. The van der Waals surface area contributed by atoms with Crippen molar-refractivity contribution in [3.05, 3.63) is 64.8 Å². The zero-order valence-electron chi connectivity index (χ0n) is 14.5. The molecule has 0 unspecified atom stereocenters. The van der Waals surface area contributed by atoms with Crippen LogP contribution in [-0.2, 0) is 0 Å². The molecule has 4 aromatic rings. The second-order valence-corrected chi connectivity index (χ2v) is 6.62. The number of aryl methyl sites for hydroxylation is 1. The molecule has 2 aromatic carbocycles. The third kappa shape index (κ3) is 2.58. The van der Waals surface area contributed by atoms with Crippen LogP contribution >= 0.6 is 0 Å². The Bertz CT molecular complexity index is 1110. The summed E-state index contributed by atoms with van der Waals surface area (Å²) < 4.78 is 1.78. The molecule has 2 heterocycles. The molecule has 0 saturated carbocycles. The van der Waals surface area contributed by atoms with Gasteiger partial charge >= 0.3 is 5.69 Å². The predicted molar refractivity (Wildman–Crippen MR) is 101 cm³/mol. The van der Waals surface area contributed by atoms with Gasteiger partial charge in [-0.05, 0) is 39.0 Å². The summed E-state index contributed by atoms with van der Waals surface area (Å²) in [5, 5.41) is 0. The van der Waals surface area contributed by atoms with Gasteiger partial charge in [0.2, 0.25) is 0 Å². The molecular weight excluding hydrogens is 312 g/mol. The Labute approximate surface area is 145 Å². The van der Waals surface area contributed by atoms with E-state index in [1.54, 1.807) is 10.9 Å². The minimum absolute atomic E-state index is 0.0781. The summed E-state index contributed by atoms with van der Waals surface area (Å²) >= 11 is 0. The van der Waals surface area contributed by atoms with E-state index < -0.39 is 0 Å². The normalized spacial score (nSPS) is 11.5. The fourth-order valence-corrected chi connectivity index (χ4v) is 3.32. The van der Waals surface area contributed by atoms with Crippen LogP contribution < -0.4 is 5.69 Å². The van der Waals surface area contributed by atoms with E-state index in [2.05, 4.69) is 40.1 Å². The van der Waals surface area contributed by atoms with Crippen LogP contribution in [0.15, 0.2) is 53.6 Å². The Morgan fingerprint density at radius 2 is 1.92 bits per heavy atom. The summed E-state index contributed by atoms with van der Waals surface area (Å²) in [6.07, 6.45) is 1.71. The van der Waals surface area contributed by atoms with Crippen molar-refractivity contribution in [3.8, 4) is 22.5 Å². The Morgan fingerprint density at radius 1 is 1.08 bits per heavy atom. The van der Waals surface area contributed by atoms with Gasteiger partial charge in [-0.15, -0.1) is 0 Å². The summed E-state index contributed by atoms with van der Waals surface area (Å²) in [6.45, 7) is 6.09. The summed E-state index contributed by atoms with van der Waals surface area (Å²) in [6, 6.07) is 14.4. The Kier molecular flexibility index (Phi) is 3.57. The Hall–Kier alpha value is -3.08. The summed E-state index contributed by atoms with van der Waals surface area (Å²) in [4.78, 5) is 22.9. The summed E-state index contributed by atoms with van der Waals surface area (Å²) in [7, 11) is 0. The van der Waals surface area contributed by atoms with Gasteiger partial charge in [-0.1, -0.05) is 29.8 Å². The molecule has 5 heteroatoms. The lowest BCUT2D eigenvalue weighted by Gasteiger charge is -2.09. The number of imidazole rings is 2. The molecule has 0 aliphatic carbocycles. The number of aromatic amines is 2. The molecule has 0 bridgehead atoms. The number of nitrogens with zero attached hydrogens (tertiary/aromatic N) is 2. The molecule has 0 aliphatic rings. The van der Waals surface area contributed by atoms with Crippen LogP contribution in [0.1, 0.15) is 25.5 Å². The first-order chi connectivity index (χ1) is 12.0. The second-order valence-electron chi connectivity index (χ2n) is 6.62. The average molecular weight is 332 g/mol. The number of H-pyrrole nitrogens is 2. The predicted octanol–water partition coefficient (Wildman–Crippen LogP) is 4.28. The van der Waals surface area contributed by atoms with Crippen LogP contribution in [0.4, 0.5) is 0 Å². The van der Waals surface area contributed by atoms with E-state index in [0.29, 0.717) is 0 Å². The van der Waals surface area contributed by atoms with Gasteiger partial charge in [0.25, 0.3) is 0 Å². The maximum absolute atomic E-state index is 12.2. The fraction of sp³-hybridized carbons (Fsp3) is 0.200. The number of fused-ring (bicyclic) bond motifs is 1. The van der Waals surface area contributed by atoms with E-state index in [4.69, 9.17) is 0 Å². The van der Waals surface area contributed by atoms with E-state index in [-0.39, 0.29) is 11.7 Å². The first-order valence-corrected chi connectivity index (χ1v) is 8.39. The van der Waals surface area contributed by atoms with Gasteiger partial charge in [0.15, 0.2) is 0 Å². The highest BCUT2D eigenvalue weighted by atomic mass is 16.1. The minimum atomic E-state index is -0.0781. The Morgan fingerprint density at radius 3 is 2.68 bits per heavy atom. The highest BCUT2D eigenvalue weighted by molar-refractivity contribution is 5.85. The number of rotatable bonds is 3. The highest BCUT2D eigenvalue weighted by Gasteiger charge is 2.14. The van der Waals surface area contributed by atoms with E-state index in [1.807, 2.05) is 38.1 Å². The van der Waals surface area contributed by atoms with E-state index >= 15 is 0 Å². The van der Waals surface area contributed by atoms with Crippen molar-refractivity contribution >= 4 is 11.0 Å². The fourth-order valence-electron chi connectivity index (χ4n) is 3.32. The molecule has 0 aliphatic heterocycles. The maximum atomic E-state index is 12.2. The van der Waals surface area contributed by atoms with Gasteiger partial charge in [0.1, 0.15) is 0 Å². The topological polar surface area (TPSA) is 66.5 Å². The number of hydrogen-bond donors (Lipinski definition) is 2. The molecule has 2 N–H and O–H groups in total. The highest BCUT2D eigenvalue weighted by Crippen LogP contribution is 2.31. The van der Waals surface area contributed by atoms with Crippen LogP contribution in [0, 0.1) is 6.92 Å². The van der Waals surface area contributed by atoms with Gasteiger partial charge in [-0.3, -0.25) is 4.57 Å². The lowest BCUT2D eigenvalue weighted by Crippen LogP contribution is -2.18. The van der Waals surface area contributed by atoms with Crippen LogP contribution in [0.2, 0.25) is 0 Å². The second kappa shape index (κ2) is 5.77. The summed E-state index contributed by atoms with van der Waals surface area (Å²) in [5.41, 5.74) is 6.82. The van der Waals surface area contributed by atoms with Crippen molar-refractivity contribution in [1.29, 1.82) is 0 Å². The quantitative estimate of drug-likeness (QED) is 0.588. The van der Waals surface area contributed by atoms with Gasteiger partial charge in [-0.25, -0.2) is 9.78 Å². The van der Waals surface area contributed by atoms with Gasteiger partial charge in [-0.2, -0.15) is 0 Å². The molecule has 0 spiro atoms. The van der Waals surface area contributed by atoms with Gasteiger partial charge in [0, 0.05) is 17.2 Å². The first kappa shape index (κ1) is 15.4. The molecule has 4 rings (SSSR count). The summed E-state index contributed by atoms with van der Waals surface area (Å²) in [5.74, 6) is 0. The number of nitrogens with one attached hydrogen (secondary N) is 2. The van der Waals surface area contributed by atoms with Crippen molar-refractivity contribution in [2.24, 2.45) is 0 Å². The zero-order chi connectivity index (χ0) is 17.6. The van der Waals surface area contributed by atoms with Crippen molar-refractivity contribution in [1.82, 2.24) is 19.5 Å². The smallest absolute Gasteiger partial charge is 0.326 e. The molecule has 126 valence electrons. The molecule has 25 heavy (non-hydrogen) atoms. The van der Waals surface area contributed by atoms with Crippen LogP contribution in [-0.4, -0.2) is 19.5 Å². The van der Waals surface area contributed by atoms with Crippen molar-refractivity contribution < 1.29 is 0 Å². The third-order valence-electron chi connectivity index (χ3n) is 4.45. The lowest BCUT2D eigenvalue weighted by molar-refractivity contribution is 0.598. The molecule has 0 fully saturated rings. The molecule has 0 saturated heterocycles. The first-order valence-electron chi connectivity index (χ1n) is 8.39. The molecule has 2 aromatic heterocycles. The van der Waals surface area contributed by atoms with E-state index in [1.165, 1.54) is 5.56 Å². The maximum Gasteiger partial charge on any atom is 0.326 e. The minimum Gasteiger partial charge on any atom is -0.344 e. The van der Waals surface area contributed by atoms with Crippen molar-refractivity contribution in [2.45, 2.75) is 26.8 Å². The van der Waals surface area contributed by atoms with Crippen LogP contribution in [0.25, 0.3) is 33.5 Å². The molecule has 0 amide bonds. The number of hydrogen-bond acceptors (Lipinski definition) is 2. The third-order valence-corrected chi connectivity index (χ3v) is 4.45. The van der Waals surface area contributed by atoms with Crippen LogP contribution in [0.5, 0.6) is 0 Å². The average Bonchev–Trinajstić information content (AvgIpc) is 3.17. The van der Waals surface area contributed by atoms with Gasteiger partial charge in [0.05, 0.1) is 28.7 Å². The number of aromatic nitrogens is 4. The molecule has 0 radical (unpaired) electrons. The molecule has 5 nitrogen and oxygen atoms in total. The van der Waals surface area contributed by atoms with Crippen molar-refractivity contribution in [2.75, 3.05) is 0 Å².